The van der Waals surface area contributed by atoms with Gasteiger partial charge >= 0.3 is 17.8 Å². The maximum atomic E-state index is 12.9. The zero-order chi connectivity index (χ0) is 32.0. The maximum absolute atomic E-state index is 12.9. The van der Waals surface area contributed by atoms with Crippen LogP contribution in [0.2, 0.25) is 0 Å². The van der Waals surface area contributed by atoms with Crippen molar-refractivity contribution in [1.29, 1.82) is 0 Å². The zero-order valence-electron chi connectivity index (χ0n) is 25.5. The third-order valence-electron chi connectivity index (χ3n) is 6.98. The molecule has 1 aliphatic carbocycles. The molecule has 45 heavy (non-hydrogen) atoms. The van der Waals surface area contributed by atoms with E-state index < -0.39 is 17.8 Å². The van der Waals surface area contributed by atoms with Crippen molar-refractivity contribution in [2.45, 2.75) is 58.4 Å². The highest BCUT2D eigenvalue weighted by Crippen LogP contribution is 2.29. The van der Waals surface area contributed by atoms with E-state index in [1.807, 2.05) is 6.92 Å². The highest BCUT2D eigenvalue weighted by atomic mass is 16.6. The number of amides is 3. The second-order valence-corrected chi connectivity index (χ2v) is 10.4. The molecule has 0 unspecified atom stereocenters. The van der Waals surface area contributed by atoms with E-state index in [1.165, 1.54) is 6.21 Å². The molecule has 3 amide bonds. The van der Waals surface area contributed by atoms with Gasteiger partial charge < -0.3 is 24.8 Å². The van der Waals surface area contributed by atoms with Gasteiger partial charge in [-0.3, -0.25) is 14.4 Å². The molecule has 3 aromatic carbocycles. The predicted molar refractivity (Wildman–Crippen MR) is 170 cm³/mol. The minimum absolute atomic E-state index is 0.0973. The molecule has 3 N–H and O–H groups in total. The number of carbonyl (C=O) groups excluding carboxylic acids is 4. The number of nitrogens with one attached hydrogen (secondary N) is 3. The summed E-state index contributed by atoms with van der Waals surface area (Å²) in [7, 11) is 0. The van der Waals surface area contributed by atoms with E-state index in [-0.39, 0.29) is 28.9 Å². The number of para-hydroxylation sites is 1. The van der Waals surface area contributed by atoms with Gasteiger partial charge in [0.15, 0.2) is 11.5 Å². The summed E-state index contributed by atoms with van der Waals surface area (Å²) in [5.41, 5.74) is 3.54. The van der Waals surface area contributed by atoms with Crippen molar-refractivity contribution < 1.29 is 33.4 Å². The average molecular weight is 615 g/mol. The van der Waals surface area contributed by atoms with Crippen LogP contribution < -0.4 is 30.3 Å². The SMILES string of the molecule is CCCOc1ccc(C(=O)Oc2ccc(/C=N\NC(=O)C(=O)Nc3ccccc3C(=O)NC3CCCCC3)cc2OCC)cc1. The van der Waals surface area contributed by atoms with E-state index in [1.54, 1.807) is 73.7 Å². The molecule has 1 aliphatic rings. The van der Waals surface area contributed by atoms with Gasteiger partial charge in [0.25, 0.3) is 5.91 Å². The number of anilines is 1. The summed E-state index contributed by atoms with van der Waals surface area (Å²) in [5, 5.41) is 9.38. The quantitative estimate of drug-likeness (QED) is 0.0832. The molecule has 0 aliphatic heterocycles. The Balaban J connectivity index is 1.34. The Hall–Kier alpha value is -5.19. The molecule has 0 aromatic heterocycles. The van der Waals surface area contributed by atoms with Gasteiger partial charge in [-0.05, 0) is 86.3 Å². The van der Waals surface area contributed by atoms with E-state index in [4.69, 9.17) is 14.2 Å². The second-order valence-electron chi connectivity index (χ2n) is 10.4. The Bertz CT molecular complexity index is 1520. The van der Waals surface area contributed by atoms with Gasteiger partial charge in [-0.1, -0.05) is 38.3 Å². The molecule has 0 atom stereocenters. The summed E-state index contributed by atoms with van der Waals surface area (Å²) >= 11 is 0. The molecule has 0 radical (unpaired) electrons. The number of esters is 1. The molecule has 236 valence electrons. The summed E-state index contributed by atoms with van der Waals surface area (Å²) in [6.07, 6.45) is 7.34. The third kappa shape index (κ3) is 9.65. The lowest BCUT2D eigenvalue weighted by Crippen LogP contribution is -2.37. The van der Waals surface area contributed by atoms with Crippen LogP contribution in [-0.2, 0) is 9.59 Å². The minimum atomic E-state index is -1.02. The standard InChI is InChI=1S/C34H38N4O7/c1-3-20-44-26-17-15-24(16-18-26)34(42)45-29-19-14-23(21-30(29)43-4-2)22-35-38-33(41)32(40)37-28-13-9-8-12-27(28)31(39)36-25-10-6-5-7-11-25/h8-9,12-19,21-22,25H,3-7,10-11,20H2,1-2H3,(H,36,39)(H,37,40)(H,38,41)/b35-22-. The highest BCUT2D eigenvalue weighted by molar-refractivity contribution is 6.40. The first-order chi connectivity index (χ1) is 21.9. The predicted octanol–water partition coefficient (Wildman–Crippen LogP) is 5.24. The van der Waals surface area contributed by atoms with Gasteiger partial charge in [-0.25, -0.2) is 10.2 Å². The van der Waals surface area contributed by atoms with Crippen molar-refractivity contribution in [2.24, 2.45) is 5.10 Å². The maximum Gasteiger partial charge on any atom is 0.343 e. The first-order valence-corrected chi connectivity index (χ1v) is 15.1. The largest absolute Gasteiger partial charge is 0.494 e. The summed E-state index contributed by atoms with van der Waals surface area (Å²) < 4.78 is 16.8. The first kappa shape index (κ1) is 32.7. The van der Waals surface area contributed by atoms with Crippen LogP contribution in [0.4, 0.5) is 5.69 Å². The van der Waals surface area contributed by atoms with Crippen molar-refractivity contribution in [3.05, 3.63) is 83.4 Å². The Morgan fingerprint density at radius 1 is 0.867 bits per heavy atom. The van der Waals surface area contributed by atoms with Crippen molar-refractivity contribution in [2.75, 3.05) is 18.5 Å². The van der Waals surface area contributed by atoms with Gasteiger partial charge in [-0.2, -0.15) is 5.10 Å². The van der Waals surface area contributed by atoms with Crippen LogP contribution in [0.5, 0.6) is 17.2 Å². The number of rotatable bonds is 12. The summed E-state index contributed by atoms with van der Waals surface area (Å²) in [6, 6.07) is 18.0. The van der Waals surface area contributed by atoms with Crippen LogP contribution in [0.1, 0.15) is 78.7 Å². The van der Waals surface area contributed by atoms with Crippen molar-refractivity contribution >= 4 is 35.6 Å². The molecule has 11 heteroatoms. The molecule has 0 spiro atoms. The molecular weight excluding hydrogens is 576 g/mol. The molecular formula is C34H38N4O7. The summed E-state index contributed by atoms with van der Waals surface area (Å²) in [5.74, 6) is -1.69. The Labute approximate surface area is 262 Å². The fourth-order valence-electron chi connectivity index (χ4n) is 4.72. The lowest BCUT2D eigenvalue weighted by molar-refractivity contribution is -0.136. The average Bonchev–Trinajstić information content (AvgIpc) is 3.05. The first-order valence-electron chi connectivity index (χ1n) is 15.1. The summed E-state index contributed by atoms with van der Waals surface area (Å²) in [4.78, 5) is 50.6. The van der Waals surface area contributed by atoms with E-state index in [2.05, 4.69) is 21.2 Å². The van der Waals surface area contributed by atoms with Crippen molar-refractivity contribution in [3.63, 3.8) is 0 Å². The highest BCUT2D eigenvalue weighted by Gasteiger charge is 2.21. The topological polar surface area (TPSA) is 144 Å². The number of hydrazone groups is 1. The lowest BCUT2D eigenvalue weighted by Gasteiger charge is -2.23. The lowest BCUT2D eigenvalue weighted by atomic mass is 9.95. The normalized spacial score (nSPS) is 13.1. The van der Waals surface area contributed by atoms with E-state index >= 15 is 0 Å². The van der Waals surface area contributed by atoms with Crippen LogP contribution in [0.25, 0.3) is 0 Å². The van der Waals surface area contributed by atoms with Gasteiger partial charge in [0.05, 0.1) is 36.2 Å². The van der Waals surface area contributed by atoms with Crippen molar-refractivity contribution in [1.82, 2.24) is 10.7 Å². The van der Waals surface area contributed by atoms with E-state index in [0.717, 1.165) is 38.5 Å². The molecule has 1 saturated carbocycles. The van der Waals surface area contributed by atoms with Crippen LogP contribution >= 0.6 is 0 Å². The fraction of sp³-hybridized carbons (Fsp3) is 0.324. The van der Waals surface area contributed by atoms with Crippen LogP contribution in [0.3, 0.4) is 0 Å². The monoisotopic (exact) mass is 614 g/mol. The second kappa shape index (κ2) is 16.6. The molecule has 0 bridgehead atoms. The van der Waals surface area contributed by atoms with Crippen LogP contribution in [0, 0.1) is 0 Å². The fourth-order valence-corrected chi connectivity index (χ4v) is 4.72. The van der Waals surface area contributed by atoms with Crippen molar-refractivity contribution in [3.8, 4) is 17.2 Å². The molecule has 11 nitrogen and oxygen atoms in total. The van der Waals surface area contributed by atoms with Gasteiger partial charge in [-0.15, -0.1) is 0 Å². The molecule has 0 saturated heterocycles. The molecule has 3 aromatic rings. The van der Waals surface area contributed by atoms with Crippen LogP contribution in [-0.4, -0.2) is 49.2 Å². The number of benzene rings is 3. The molecule has 4 rings (SSSR count). The van der Waals surface area contributed by atoms with E-state index in [0.29, 0.717) is 35.8 Å². The zero-order valence-corrected chi connectivity index (χ0v) is 25.5. The molecule has 0 heterocycles. The Kier molecular flexibility index (Phi) is 12.1. The summed E-state index contributed by atoms with van der Waals surface area (Å²) in [6.45, 7) is 4.70. The number of hydrogen-bond acceptors (Lipinski definition) is 8. The minimum Gasteiger partial charge on any atom is -0.494 e. The van der Waals surface area contributed by atoms with Gasteiger partial charge in [0.2, 0.25) is 0 Å². The van der Waals surface area contributed by atoms with Crippen LogP contribution in [0.15, 0.2) is 71.8 Å². The Morgan fingerprint density at radius 3 is 2.36 bits per heavy atom. The smallest absolute Gasteiger partial charge is 0.343 e. The number of nitrogens with zero attached hydrogens (tertiary/aromatic N) is 1. The van der Waals surface area contributed by atoms with Gasteiger partial charge in [0, 0.05) is 6.04 Å². The Morgan fingerprint density at radius 2 is 1.62 bits per heavy atom. The molecule has 1 fully saturated rings. The number of carbonyl (C=O) groups is 4. The van der Waals surface area contributed by atoms with E-state index in [9.17, 15) is 19.2 Å². The van der Waals surface area contributed by atoms with Gasteiger partial charge in [0.1, 0.15) is 5.75 Å². The number of hydrogen-bond donors (Lipinski definition) is 3. The number of ether oxygens (including phenoxy) is 3. The third-order valence-corrected chi connectivity index (χ3v) is 6.98.